The summed E-state index contributed by atoms with van der Waals surface area (Å²) in [5.41, 5.74) is -0.287. The molecule has 6 heteroatoms. The van der Waals surface area contributed by atoms with E-state index in [0.29, 0.717) is 10.1 Å². The largest absolute Gasteiger partial charge is 0.433 e. The molecule has 0 bridgehead atoms. The third kappa shape index (κ3) is 1.48. The van der Waals surface area contributed by atoms with Gasteiger partial charge < -0.3 is 4.74 Å². The lowest BCUT2D eigenvalue weighted by atomic mass is 10.2. The van der Waals surface area contributed by atoms with E-state index in [4.69, 9.17) is 0 Å². The molecular formula is C8H5F2NO2S. The summed E-state index contributed by atoms with van der Waals surface area (Å²) in [7, 11) is 0. The number of halogens is 2. The van der Waals surface area contributed by atoms with E-state index in [1.165, 1.54) is 12.1 Å². The number of rotatable bonds is 2. The molecule has 3 nitrogen and oxygen atoms in total. The maximum atomic E-state index is 11.9. The second kappa shape index (κ2) is 3.38. The lowest BCUT2D eigenvalue weighted by Gasteiger charge is -2.03. The average Bonchev–Trinajstić information content (AvgIpc) is 2.49. The fraction of sp³-hybridized carbons (Fsp3) is 0.125. The second-order valence-corrected chi connectivity index (χ2v) is 3.36. The van der Waals surface area contributed by atoms with Crippen LogP contribution in [0.5, 0.6) is 5.75 Å². The quantitative estimate of drug-likeness (QED) is 0.837. The van der Waals surface area contributed by atoms with Crippen LogP contribution < -0.4 is 10.3 Å². The maximum Gasteiger partial charge on any atom is 0.387 e. The maximum absolute atomic E-state index is 11.9. The monoisotopic (exact) mass is 217 g/mol. The van der Waals surface area contributed by atoms with Gasteiger partial charge in [-0.3, -0.25) is 9.17 Å². The minimum absolute atomic E-state index is 0.0286. The van der Waals surface area contributed by atoms with Gasteiger partial charge in [-0.15, -0.1) is 0 Å². The highest BCUT2D eigenvalue weighted by Gasteiger charge is 2.10. The fourth-order valence-electron chi connectivity index (χ4n) is 1.14. The Balaban J connectivity index is 2.60. The number of ether oxygens (including phenoxy) is 1. The average molecular weight is 217 g/mol. The van der Waals surface area contributed by atoms with Gasteiger partial charge >= 0.3 is 6.61 Å². The molecule has 0 spiro atoms. The normalized spacial score (nSPS) is 11.1. The van der Waals surface area contributed by atoms with E-state index >= 15 is 0 Å². The zero-order valence-electron chi connectivity index (χ0n) is 6.79. The Hall–Kier alpha value is -1.43. The Morgan fingerprint density at radius 1 is 1.43 bits per heavy atom. The number of aromatic amines is 1. The van der Waals surface area contributed by atoms with Gasteiger partial charge in [0.1, 0.15) is 5.75 Å². The highest BCUT2D eigenvalue weighted by molar-refractivity contribution is 7.13. The summed E-state index contributed by atoms with van der Waals surface area (Å²) < 4.78 is 31.0. The van der Waals surface area contributed by atoms with Crippen LogP contribution in [0, 0.1) is 0 Å². The van der Waals surface area contributed by atoms with E-state index in [2.05, 4.69) is 9.11 Å². The minimum atomic E-state index is -2.88. The van der Waals surface area contributed by atoms with Gasteiger partial charge in [-0.1, -0.05) is 17.6 Å². The van der Waals surface area contributed by atoms with Gasteiger partial charge in [0.15, 0.2) is 0 Å². The molecule has 0 atom stereocenters. The van der Waals surface area contributed by atoms with Crippen molar-refractivity contribution in [2.24, 2.45) is 0 Å². The molecule has 14 heavy (non-hydrogen) atoms. The highest BCUT2D eigenvalue weighted by Crippen LogP contribution is 2.27. The molecule has 0 unspecified atom stereocenters. The lowest BCUT2D eigenvalue weighted by molar-refractivity contribution is -0.0486. The van der Waals surface area contributed by atoms with E-state index in [1.54, 1.807) is 6.07 Å². The van der Waals surface area contributed by atoms with Crippen LogP contribution in [-0.2, 0) is 0 Å². The molecule has 1 heterocycles. The molecular weight excluding hydrogens is 212 g/mol. The summed E-state index contributed by atoms with van der Waals surface area (Å²) in [6.07, 6.45) is 0. The molecule has 1 aromatic heterocycles. The Morgan fingerprint density at radius 2 is 2.21 bits per heavy atom. The van der Waals surface area contributed by atoms with Crippen molar-refractivity contribution in [2.75, 3.05) is 0 Å². The first-order chi connectivity index (χ1) is 6.68. The Morgan fingerprint density at radius 3 is 2.93 bits per heavy atom. The van der Waals surface area contributed by atoms with Crippen molar-refractivity contribution in [1.82, 2.24) is 4.37 Å². The summed E-state index contributed by atoms with van der Waals surface area (Å²) in [6, 6.07) is 4.46. The first-order valence-corrected chi connectivity index (χ1v) is 4.55. The van der Waals surface area contributed by atoms with E-state index in [9.17, 15) is 13.6 Å². The number of benzene rings is 1. The second-order valence-electron chi connectivity index (χ2n) is 2.54. The van der Waals surface area contributed by atoms with Crippen molar-refractivity contribution in [3.05, 3.63) is 28.6 Å². The van der Waals surface area contributed by atoms with Crippen LogP contribution in [0.4, 0.5) is 8.78 Å². The first kappa shape index (κ1) is 9.14. The number of fused-ring (bicyclic) bond motifs is 1. The van der Waals surface area contributed by atoms with E-state index in [1.807, 2.05) is 0 Å². The summed E-state index contributed by atoms with van der Waals surface area (Å²) in [6.45, 7) is -2.88. The molecule has 0 aliphatic heterocycles. The Kier molecular flexibility index (Phi) is 2.20. The number of aromatic nitrogens is 1. The standard InChI is InChI=1S/C8H5F2NO2S/c9-8(10)13-5-3-1-2-4-6(5)14-11-7(4)12/h1-3,8H,(H,11,12). The van der Waals surface area contributed by atoms with Crippen LogP contribution in [0.3, 0.4) is 0 Å². The van der Waals surface area contributed by atoms with Crippen molar-refractivity contribution < 1.29 is 13.5 Å². The summed E-state index contributed by atoms with van der Waals surface area (Å²) in [5.74, 6) is 0.0286. The molecule has 1 aromatic carbocycles. The van der Waals surface area contributed by atoms with Gasteiger partial charge in [-0.05, 0) is 12.1 Å². The highest BCUT2D eigenvalue weighted by atomic mass is 32.1. The molecule has 0 radical (unpaired) electrons. The Bertz CT molecular complexity index is 505. The summed E-state index contributed by atoms with van der Waals surface area (Å²) in [5, 5.41) is 0.369. The van der Waals surface area contributed by atoms with Crippen LogP contribution in [0.2, 0.25) is 0 Å². The topological polar surface area (TPSA) is 42.1 Å². The van der Waals surface area contributed by atoms with Crippen LogP contribution in [0.1, 0.15) is 0 Å². The third-order valence-corrected chi connectivity index (χ3v) is 2.60. The van der Waals surface area contributed by atoms with Crippen LogP contribution in [0.25, 0.3) is 10.1 Å². The molecule has 2 aromatic rings. The van der Waals surface area contributed by atoms with Crippen molar-refractivity contribution in [3.8, 4) is 5.75 Å². The molecule has 0 aliphatic carbocycles. The molecule has 2 rings (SSSR count). The van der Waals surface area contributed by atoms with E-state index in [0.717, 1.165) is 11.5 Å². The van der Waals surface area contributed by atoms with E-state index < -0.39 is 6.61 Å². The van der Waals surface area contributed by atoms with Gasteiger partial charge in [0.05, 0.1) is 10.1 Å². The zero-order chi connectivity index (χ0) is 10.1. The van der Waals surface area contributed by atoms with Gasteiger partial charge in [0, 0.05) is 0 Å². The van der Waals surface area contributed by atoms with Gasteiger partial charge in [-0.25, -0.2) is 0 Å². The Labute approximate surface area is 81.1 Å². The number of H-pyrrole nitrogens is 1. The lowest BCUT2D eigenvalue weighted by Crippen LogP contribution is -2.02. The summed E-state index contributed by atoms with van der Waals surface area (Å²) >= 11 is 0.987. The molecule has 0 fully saturated rings. The van der Waals surface area contributed by atoms with Crippen LogP contribution in [-0.4, -0.2) is 11.0 Å². The number of hydrogen-bond acceptors (Lipinski definition) is 3. The molecule has 74 valence electrons. The zero-order valence-corrected chi connectivity index (χ0v) is 7.61. The molecule has 0 saturated carbocycles. The van der Waals surface area contributed by atoms with Crippen molar-refractivity contribution in [2.45, 2.75) is 6.61 Å². The van der Waals surface area contributed by atoms with E-state index in [-0.39, 0.29) is 11.3 Å². The fourth-order valence-corrected chi connectivity index (χ4v) is 1.93. The predicted octanol–water partition coefficient (Wildman–Crippen LogP) is 2.19. The van der Waals surface area contributed by atoms with Crippen LogP contribution in [0.15, 0.2) is 23.0 Å². The van der Waals surface area contributed by atoms with Crippen LogP contribution >= 0.6 is 11.5 Å². The number of nitrogens with one attached hydrogen (secondary N) is 1. The van der Waals surface area contributed by atoms with Crippen molar-refractivity contribution >= 4 is 21.6 Å². The SMILES string of the molecule is O=c1[nH]sc2c(OC(F)F)cccc12. The number of hydrogen-bond donors (Lipinski definition) is 1. The number of alkyl halides is 2. The van der Waals surface area contributed by atoms with Crippen molar-refractivity contribution in [3.63, 3.8) is 0 Å². The predicted molar refractivity (Wildman–Crippen MR) is 49.1 cm³/mol. The smallest absolute Gasteiger partial charge is 0.387 e. The third-order valence-electron chi connectivity index (χ3n) is 1.69. The summed E-state index contributed by atoms with van der Waals surface area (Å²) in [4.78, 5) is 11.1. The minimum Gasteiger partial charge on any atom is -0.433 e. The molecule has 0 aliphatic rings. The molecule has 0 saturated heterocycles. The molecule has 0 amide bonds. The molecule has 1 N–H and O–H groups in total. The van der Waals surface area contributed by atoms with Gasteiger partial charge in [0.25, 0.3) is 5.56 Å². The van der Waals surface area contributed by atoms with Crippen molar-refractivity contribution in [1.29, 1.82) is 0 Å². The van der Waals surface area contributed by atoms with Gasteiger partial charge in [-0.2, -0.15) is 8.78 Å². The first-order valence-electron chi connectivity index (χ1n) is 3.73. The van der Waals surface area contributed by atoms with Gasteiger partial charge in [0.2, 0.25) is 0 Å².